The summed E-state index contributed by atoms with van der Waals surface area (Å²) in [6.07, 6.45) is 2.73. The highest BCUT2D eigenvalue weighted by Crippen LogP contribution is 2.17. The highest BCUT2D eigenvalue weighted by atomic mass is 35.5. The first-order valence-corrected chi connectivity index (χ1v) is 7.52. The second-order valence-electron chi connectivity index (χ2n) is 5.49. The molecule has 1 atom stereocenters. The maximum atomic E-state index is 12.3. The Morgan fingerprint density at radius 2 is 2.04 bits per heavy atom. The number of pyridine rings is 1. The first kappa shape index (κ1) is 17.2. The largest absolute Gasteiger partial charge is 0.354 e. The number of aromatic nitrogens is 1. The van der Waals surface area contributed by atoms with Crippen molar-refractivity contribution < 1.29 is 4.79 Å². The van der Waals surface area contributed by atoms with Crippen molar-refractivity contribution in [3.05, 3.63) is 59.8 Å². The summed E-state index contributed by atoms with van der Waals surface area (Å²) < 4.78 is 0. The molecule has 1 amide bonds. The van der Waals surface area contributed by atoms with Crippen LogP contribution in [0.1, 0.15) is 22.3 Å². The molecular weight excluding hydrogens is 312 g/mol. The van der Waals surface area contributed by atoms with Crippen molar-refractivity contribution in [1.29, 1.82) is 0 Å². The molecule has 5 nitrogen and oxygen atoms in total. The number of carbonyl (C=O) groups is 1. The van der Waals surface area contributed by atoms with E-state index in [1.807, 2.05) is 42.5 Å². The molecule has 1 unspecified atom stereocenters. The molecule has 1 aliphatic rings. The van der Waals surface area contributed by atoms with Crippen LogP contribution >= 0.6 is 12.4 Å². The van der Waals surface area contributed by atoms with Gasteiger partial charge in [0.15, 0.2) is 0 Å². The molecule has 0 aliphatic carbocycles. The molecule has 0 radical (unpaired) electrons. The van der Waals surface area contributed by atoms with Gasteiger partial charge in [-0.15, -0.1) is 12.4 Å². The van der Waals surface area contributed by atoms with Crippen molar-refractivity contribution in [1.82, 2.24) is 10.3 Å². The fourth-order valence-corrected chi connectivity index (χ4v) is 2.69. The van der Waals surface area contributed by atoms with Gasteiger partial charge in [-0.3, -0.25) is 4.79 Å². The summed E-state index contributed by atoms with van der Waals surface area (Å²) in [5, 5.41) is 3.09. The standard InChI is InChI=1S/C17H20N4O.ClH/c18-11-13-4-6-14(7-5-13)17(22)20-15-8-10-21(12-15)16-3-1-2-9-19-16;/h1-7,9,15H,8,10-12,18H2,(H,20,22);1H. The second kappa shape index (κ2) is 7.94. The second-order valence-corrected chi connectivity index (χ2v) is 5.49. The summed E-state index contributed by atoms with van der Waals surface area (Å²) in [6.45, 7) is 2.20. The summed E-state index contributed by atoms with van der Waals surface area (Å²) >= 11 is 0. The van der Waals surface area contributed by atoms with Crippen molar-refractivity contribution in [3.63, 3.8) is 0 Å². The first-order chi connectivity index (χ1) is 10.8. The van der Waals surface area contributed by atoms with Crippen LogP contribution in [0.25, 0.3) is 0 Å². The topological polar surface area (TPSA) is 71.2 Å². The maximum absolute atomic E-state index is 12.3. The molecule has 0 spiro atoms. The Hall–Kier alpha value is -2.11. The molecule has 2 heterocycles. The van der Waals surface area contributed by atoms with Gasteiger partial charge >= 0.3 is 0 Å². The van der Waals surface area contributed by atoms with E-state index >= 15 is 0 Å². The number of nitrogens with two attached hydrogens (primary N) is 1. The van der Waals surface area contributed by atoms with Gasteiger partial charge in [0, 0.05) is 37.4 Å². The van der Waals surface area contributed by atoms with Crippen LogP contribution in [0, 0.1) is 0 Å². The normalized spacial score (nSPS) is 16.7. The molecule has 6 heteroatoms. The number of hydrogen-bond donors (Lipinski definition) is 2. The molecule has 1 aliphatic heterocycles. The van der Waals surface area contributed by atoms with Crippen LogP contribution in [0.5, 0.6) is 0 Å². The lowest BCUT2D eigenvalue weighted by atomic mass is 10.1. The van der Waals surface area contributed by atoms with Gasteiger partial charge in [-0.25, -0.2) is 4.98 Å². The summed E-state index contributed by atoms with van der Waals surface area (Å²) in [4.78, 5) is 18.8. The third kappa shape index (κ3) is 4.21. The van der Waals surface area contributed by atoms with Crippen molar-refractivity contribution in [2.75, 3.05) is 18.0 Å². The number of anilines is 1. The van der Waals surface area contributed by atoms with Crippen LogP contribution < -0.4 is 16.0 Å². The fraction of sp³-hybridized carbons (Fsp3) is 0.294. The number of hydrogen-bond acceptors (Lipinski definition) is 4. The van der Waals surface area contributed by atoms with Crippen molar-refractivity contribution in [2.24, 2.45) is 5.73 Å². The van der Waals surface area contributed by atoms with Gasteiger partial charge in [0.2, 0.25) is 0 Å². The predicted molar refractivity (Wildman–Crippen MR) is 93.9 cm³/mol. The Kier molecular flexibility index (Phi) is 5.96. The molecule has 1 saturated heterocycles. The SMILES string of the molecule is Cl.NCc1ccc(C(=O)NC2CCN(c3ccccn3)C2)cc1. The third-order valence-electron chi connectivity index (χ3n) is 3.95. The van der Waals surface area contributed by atoms with E-state index in [-0.39, 0.29) is 24.4 Å². The predicted octanol–water partition coefficient (Wildman–Crippen LogP) is 1.97. The smallest absolute Gasteiger partial charge is 0.251 e. The van der Waals surface area contributed by atoms with Crippen LogP contribution in [0.15, 0.2) is 48.7 Å². The van der Waals surface area contributed by atoms with E-state index in [4.69, 9.17) is 5.73 Å². The lowest BCUT2D eigenvalue weighted by Crippen LogP contribution is -2.37. The number of amides is 1. The van der Waals surface area contributed by atoms with Gasteiger partial charge in [-0.2, -0.15) is 0 Å². The van der Waals surface area contributed by atoms with Gasteiger partial charge in [-0.1, -0.05) is 18.2 Å². The Labute approximate surface area is 142 Å². The molecule has 2 aromatic rings. The number of nitrogens with one attached hydrogen (secondary N) is 1. The Morgan fingerprint density at radius 1 is 1.26 bits per heavy atom. The molecule has 3 rings (SSSR count). The van der Waals surface area contributed by atoms with Crippen LogP contribution in [-0.4, -0.2) is 30.0 Å². The molecule has 3 N–H and O–H groups in total. The average Bonchev–Trinajstić information content (AvgIpc) is 3.04. The van der Waals surface area contributed by atoms with Gasteiger partial charge in [-0.05, 0) is 36.2 Å². The summed E-state index contributed by atoms with van der Waals surface area (Å²) in [6, 6.07) is 13.5. The maximum Gasteiger partial charge on any atom is 0.251 e. The zero-order chi connectivity index (χ0) is 15.4. The van der Waals surface area contributed by atoms with Crippen molar-refractivity contribution >= 4 is 24.1 Å². The van der Waals surface area contributed by atoms with E-state index in [0.717, 1.165) is 30.9 Å². The monoisotopic (exact) mass is 332 g/mol. The number of nitrogens with zero attached hydrogens (tertiary/aromatic N) is 2. The van der Waals surface area contributed by atoms with E-state index in [9.17, 15) is 4.79 Å². The first-order valence-electron chi connectivity index (χ1n) is 7.52. The van der Waals surface area contributed by atoms with Gasteiger partial charge in [0.25, 0.3) is 5.91 Å². The van der Waals surface area contributed by atoms with E-state index < -0.39 is 0 Å². The van der Waals surface area contributed by atoms with Crippen LogP contribution in [0.2, 0.25) is 0 Å². The summed E-state index contributed by atoms with van der Waals surface area (Å²) in [5.41, 5.74) is 7.27. The van der Waals surface area contributed by atoms with E-state index in [1.54, 1.807) is 6.20 Å². The molecule has 1 aromatic carbocycles. The number of halogens is 1. The molecule has 0 saturated carbocycles. The average molecular weight is 333 g/mol. The molecule has 1 fully saturated rings. The summed E-state index contributed by atoms with van der Waals surface area (Å²) in [5.74, 6) is 0.933. The fourth-order valence-electron chi connectivity index (χ4n) is 2.69. The highest BCUT2D eigenvalue weighted by Gasteiger charge is 2.24. The number of carbonyl (C=O) groups excluding carboxylic acids is 1. The zero-order valence-corrected chi connectivity index (χ0v) is 13.6. The number of benzene rings is 1. The molecule has 23 heavy (non-hydrogen) atoms. The Morgan fingerprint density at radius 3 is 2.70 bits per heavy atom. The van der Waals surface area contributed by atoms with Crippen molar-refractivity contribution in [2.45, 2.75) is 19.0 Å². The quantitative estimate of drug-likeness (QED) is 0.898. The van der Waals surface area contributed by atoms with E-state index in [2.05, 4.69) is 15.2 Å². The minimum Gasteiger partial charge on any atom is -0.354 e. The van der Waals surface area contributed by atoms with Crippen LogP contribution in [0.3, 0.4) is 0 Å². The minimum absolute atomic E-state index is 0. The lowest BCUT2D eigenvalue weighted by Gasteiger charge is -2.17. The Balaban J connectivity index is 0.00000192. The Bertz CT molecular complexity index is 633. The number of rotatable bonds is 4. The van der Waals surface area contributed by atoms with Crippen LogP contribution in [0.4, 0.5) is 5.82 Å². The molecule has 0 bridgehead atoms. The molecular formula is C17H21ClN4O. The third-order valence-corrected chi connectivity index (χ3v) is 3.95. The van der Waals surface area contributed by atoms with E-state index in [1.165, 1.54) is 0 Å². The molecule has 122 valence electrons. The minimum atomic E-state index is -0.0311. The van der Waals surface area contributed by atoms with Crippen LogP contribution in [-0.2, 0) is 6.54 Å². The molecule has 1 aromatic heterocycles. The van der Waals surface area contributed by atoms with E-state index in [0.29, 0.717) is 12.1 Å². The van der Waals surface area contributed by atoms with Gasteiger partial charge in [0.05, 0.1) is 0 Å². The zero-order valence-electron chi connectivity index (χ0n) is 12.8. The van der Waals surface area contributed by atoms with Gasteiger partial charge < -0.3 is 16.0 Å². The van der Waals surface area contributed by atoms with Gasteiger partial charge in [0.1, 0.15) is 5.82 Å². The summed E-state index contributed by atoms with van der Waals surface area (Å²) in [7, 11) is 0. The lowest BCUT2D eigenvalue weighted by molar-refractivity contribution is 0.0940. The highest BCUT2D eigenvalue weighted by molar-refractivity contribution is 5.94. The van der Waals surface area contributed by atoms with Crippen molar-refractivity contribution in [3.8, 4) is 0 Å².